The van der Waals surface area contributed by atoms with Crippen molar-refractivity contribution in [3.8, 4) is 0 Å². The normalized spacial score (nSPS) is 12.9. The third-order valence-electron chi connectivity index (χ3n) is 2.62. The van der Waals surface area contributed by atoms with Crippen LogP contribution in [0.1, 0.15) is 40.0 Å². The van der Waals surface area contributed by atoms with Gasteiger partial charge in [0.25, 0.3) is 0 Å². The van der Waals surface area contributed by atoms with Crippen molar-refractivity contribution in [1.82, 2.24) is 5.32 Å². The predicted octanol–water partition coefficient (Wildman–Crippen LogP) is 3.17. The van der Waals surface area contributed by atoms with E-state index in [1.165, 1.54) is 30.8 Å². The lowest BCUT2D eigenvalue weighted by Gasteiger charge is -2.08. The fourth-order valence-electron chi connectivity index (χ4n) is 1.27. The molecule has 0 aromatic heterocycles. The van der Waals surface area contributed by atoms with Crippen LogP contribution >= 0.6 is 11.8 Å². The van der Waals surface area contributed by atoms with Gasteiger partial charge in [0, 0.05) is 25.5 Å². The highest BCUT2D eigenvalue weighted by molar-refractivity contribution is 7.99. The zero-order valence-electron chi connectivity index (χ0n) is 11.3. The molecule has 1 unspecified atom stereocenters. The van der Waals surface area contributed by atoms with Crippen molar-refractivity contribution in [2.75, 3.05) is 37.8 Å². The Morgan fingerprint density at radius 3 is 2.69 bits per heavy atom. The van der Waals surface area contributed by atoms with Crippen LogP contribution in [0.2, 0.25) is 0 Å². The first-order chi connectivity index (χ1) is 7.81. The van der Waals surface area contributed by atoms with Gasteiger partial charge < -0.3 is 10.1 Å². The van der Waals surface area contributed by atoms with E-state index >= 15 is 0 Å². The van der Waals surface area contributed by atoms with Gasteiger partial charge in [-0.3, -0.25) is 0 Å². The summed E-state index contributed by atoms with van der Waals surface area (Å²) in [6, 6.07) is 0. The topological polar surface area (TPSA) is 21.3 Å². The minimum Gasteiger partial charge on any atom is -0.382 e. The smallest absolute Gasteiger partial charge is 0.0466 e. The average Bonchev–Trinajstić information content (AvgIpc) is 2.31. The summed E-state index contributed by atoms with van der Waals surface area (Å²) in [5, 5.41) is 3.48. The summed E-state index contributed by atoms with van der Waals surface area (Å²) < 4.78 is 5.29. The zero-order valence-corrected chi connectivity index (χ0v) is 12.1. The third kappa shape index (κ3) is 12.3. The van der Waals surface area contributed by atoms with E-state index in [-0.39, 0.29) is 0 Å². The Labute approximate surface area is 106 Å². The van der Waals surface area contributed by atoms with E-state index in [1.807, 2.05) is 6.92 Å². The first kappa shape index (κ1) is 16.3. The highest BCUT2D eigenvalue weighted by Crippen LogP contribution is 2.09. The van der Waals surface area contributed by atoms with Crippen molar-refractivity contribution in [3.05, 3.63) is 0 Å². The van der Waals surface area contributed by atoms with E-state index in [4.69, 9.17) is 4.74 Å². The van der Waals surface area contributed by atoms with E-state index in [1.54, 1.807) is 0 Å². The Hall–Kier alpha value is 0.270. The van der Waals surface area contributed by atoms with E-state index in [0.717, 1.165) is 32.2 Å². The fraction of sp³-hybridized carbons (Fsp3) is 1.00. The van der Waals surface area contributed by atoms with Gasteiger partial charge in [0.15, 0.2) is 0 Å². The molecule has 1 atom stereocenters. The quantitative estimate of drug-likeness (QED) is 0.535. The van der Waals surface area contributed by atoms with E-state index in [2.05, 4.69) is 30.9 Å². The van der Waals surface area contributed by atoms with Crippen LogP contribution in [-0.4, -0.2) is 37.8 Å². The number of hydrogen-bond donors (Lipinski definition) is 1. The van der Waals surface area contributed by atoms with Crippen molar-refractivity contribution in [2.45, 2.75) is 40.0 Å². The van der Waals surface area contributed by atoms with Crippen LogP contribution in [0.4, 0.5) is 0 Å². The summed E-state index contributed by atoms with van der Waals surface area (Å²) in [6.45, 7) is 10.7. The molecule has 0 aliphatic heterocycles. The van der Waals surface area contributed by atoms with Crippen LogP contribution in [0.5, 0.6) is 0 Å². The molecule has 0 saturated heterocycles. The van der Waals surface area contributed by atoms with Crippen LogP contribution in [0, 0.1) is 5.92 Å². The zero-order chi connectivity index (χ0) is 12.1. The minimum absolute atomic E-state index is 0.847. The van der Waals surface area contributed by atoms with Crippen molar-refractivity contribution in [3.63, 3.8) is 0 Å². The maximum absolute atomic E-state index is 5.29. The number of thioether (sulfide) groups is 1. The number of hydrogen-bond acceptors (Lipinski definition) is 3. The molecule has 0 saturated carbocycles. The number of rotatable bonds is 12. The molecule has 0 aliphatic rings. The summed E-state index contributed by atoms with van der Waals surface area (Å²) >= 11 is 2.07. The molecular weight excluding hydrogens is 218 g/mol. The van der Waals surface area contributed by atoms with Crippen molar-refractivity contribution in [2.24, 2.45) is 5.92 Å². The molecule has 0 spiro atoms. The molecule has 0 aromatic rings. The second-order valence-electron chi connectivity index (χ2n) is 4.24. The predicted molar refractivity (Wildman–Crippen MR) is 75.4 cm³/mol. The summed E-state index contributed by atoms with van der Waals surface area (Å²) in [6.07, 6.45) is 3.72. The summed E-state index contributed by atoms with van der Waals surface area (Å²) in [5.74, 6) is 3.43. The molecular formula is C13H29NOS. The van der Waals surface area contributed by atoms with Crippen LogP contribution in [-0.2, 0) is 4.74 Å². The molecule has 0 fully saturated rings. The Morgan fingerprint density at radius 1 is 1.19 bits per heavy atom. The number of nitrogens with one attached hydrogen (secondary N) is 1. The molecule has 0 rings (SSSR count). The standard InChI is InChI=1S/C13H29NOS/c1-4-13(3)12-16-11-9-14-8-6-7-10-15-5-2/h13-14H,4-12H2,1-3H3. The van der Waals surface area contributed by atoms with Crippen molar-refractivity contribution in [1.29, 1.82) is 0 Å². The molecule has 98 valence electrons. The SMILES string of the molecule is CCOCCCCNCCSCC(C)CC. The molecule has 3 heteroatoms. The van der Waals surface area contributed by atoms with E-state index in [9.17, 15) is 0 Å². The Balaban J connectivity index is 2.93. The van der Waals surface area contributed by atoms with Gasteiger partial charge in [-0.1, -0.05) is 20.3 Å². The first-order valence-corrected chi connectivity index (χ1v) is 7.82. The first-order valence-electron chi connectivity index (χ1n) is 6.67. The molecule has 0 aliphatic carbocycles. The highest BCUT2D eigenvalue weighted by atomic mass is 32.2. The molecule has 1 N–H and O–H groups in total. The summed E-state index contributed by atoms with van der Waals surface area (Å²) in [5.41, 5.74) is 0. The molecule has 2 nitrogen and oxygen atoms in total. The van der Waals surface area contributed by atoms with Crippen LogP contribution < -0.4 is 5.32 Å². The lowest BCUT2D eigenvalue weighted by Crippen LogP contribution is -2.19. The molecule has 0 aromatic carbocycles. The largest absolute Gasteiger partial charge is 0.382 e. The highest BCUT2D eigenvalue weighted by Gasteiger charge is 1.97. The van der Waals surface area contributed by atoms with Gasteiger partial charge in [-0.25, -0.2) is 0 Å². The van der Waals surface area contributed by atoms with Crippen LogP contribution in [0.3, 0.4) is 0 Å². The van der Waals surface area contributed by atoms with Gasteiger partial charge in [-0.05, 0) is 38.0 Å². The lowest BCUT2D eigenvalue weighted by molar-refractivity contribution is 0.143. The average molecular weight is 247 g/mol. The van der Waals surface area contributed by atoms with Crippen molar-refractivity contribution >= 4 is 11.8 Å². The maximum Gasteiger partial charge on any atom is 0.0466 e. The molecule has 0 radical (unpaired) electrons. The van der Waals surface area contributed by atoms with Crippen molar-refractivity contribution < 1.29 is 4.74 Å². The maximum atomic E-state index is 5.29. The third-order valence-corrected chi connectivity index (χ3v) is 3.92. The van der Waals surface area contributed by atoms with Gasteiger partial charge in [0.05, 0.1) is 0 Å². The summed E-state index contributed by atoms with van der Waals surface area (Å²) in [7, 11) is 0. The monoisotopic (exact) mass is 247 g/mol. The Kier molecular flexibility index (Phi) is 13.6. The molecule has 0 amide bonds. The van der Waals surface area contributed by atoms with Gasteiger partial charge >= 0.3 is 0 Å². The molecule has 0 heterocycles. The second kappa shape index (κ2) is 13.3. The Morgan fingerprint density at radius 2 is 2.00 bits per heavy atom. The van der Waals surface area contributed by atoms with Gasteiger partial charge in [-0.15, -0.1) is 0 Å². The molecule has 0 bridgehead atoms. The Bertz CT molecular complexity index is 133. The van der Waals surface area contributed by atoms with E-state index < -0.39 is 0 Å². The van der Waals surface area contributed by atoms with Crippen LogP contribution in [0.15, 0.2) is 0 Å². The molecule has 16 heavy (non-hydrogen) atoms. The van der Waals surface area contributed by atoms with Gasteiger partial charge in [-0.2, -0.15) is 11.8 Å². The lowest BCUT2D eigenvalue weighted by atomic mass is 10.2. The van der Waals surface area contributed by atoms with Crippen LogP contribution in [0.25, 0.3) is 0 Å². The number of ether oxygens (including phenoxy) is 1. The van der Waals surface area contributed by atoms with Gasteiger partial charge in [0.2, 0.25) is 0 Å². The summed E-state index contributed by atoms with van der Waals surface area (Å²) in [4.78, 5) is 0. The fourth-order valence-corrected chi connectivity index (χ4v) is 2.36. The number of unbranched alkanes of at least 4 members (excludes halogenated alkanes) is 1. The minimum atomic E-state index is 0.847. The van der Waals surface area contributed by atoms with Gasteiger partial charge in [0.1, 0.15) is 0 Å². The second-order valence-corrected chi connectivity index (χ2v) is 5.39. The van der Waals surface area contributed by atoms with E-state index in [0.29, 0.717) is 0 Å².